The Hall–Kier alpha value is -3.11. The first kappa shape index (κ1) is 22.7. The van der Waals surface area contributed by atoms with Crippen molar-refractivity contribution in [3.05, 3.63) is 63.9 Å². The zero-order chi connectivity index (χ0) is 23.7. The van der Waals surface area contributed by atoms with E-state index < -0.39 is 0 Å². The molecule has 1 aliphatic rings. The Bertz CT molecular complexity index is 1320. The highest BCUT2D eigenvalue weighted by Gasteiger charge is 2.30. The van der Waals surface area contributed by atoms with Crippen LogP contribution in [-0.4, -0.2) is 44.6 Å². The predicted octanol–water partition coefficient (Wildman–Crippen LogP) is 4.80. The second-order valence-electron chi connectivity index (χ2n) is 8.32. The van der Waals surface area contributed by atoms with Crippen molar-refractivity contribution >= 4 is 49.8 Å². The molecule has 4 heterocycles. The molecule has 34 heavy (non-hydrogen) atoms. The smallest absolute Gasteiger partial charge is 0.270 e. The van der Waals surface area contributed by atoms with Gasteiger partial charge in [-0.3, -0.25) is 9.59 Å². The lowest BCUT2D eigenvalue weighted by Gasteiger charge is -2.31. The third-order valence-electron chi connectivity index (χ3n) is 6.15. The number of hydrogen-bond donors (Lipinski definition) is 1. The Labute approximate surface area is 204 Å². The molecule has 1 aliphatic heterocycles. The lowest BCUT2D eigenvalue weighted by Crippen LogP contribution is -2.42. The van der Waals surface area contributed by atoms with Crippen LogP contribution in [-0.2, 0) is 17.8 Å². The van der Waals surface area contributed by atoms with Gasteiger partial charge in [-0.05, 0) is 54.5 Å². The number of hydrogen-bond acceptors (Lipinski definition) is 6. The van der Waals surface area contributed by atoms with Gasteiger partial charge in [-0.15, -0.1) is 21.5 Å². The zero-order valence-corrected chi connectivity index (χ0v) is 20.3. The Balaban J connectivity index is 1.27. The van der Waals surface area contributed by atoms with Crippen molar-refractivity contribution in [1.29, 1.82) is 0 Å². The van der Waals surface area contributed by atoms with Crippen molar-refractivity contribution in [3.63, 3.8) is 0 Å². The number of nitrogens with one attached hydrogen (secondary N) is 1. The summed E-state index contributed by atoms with van der Waals surface area (Å²) in [4.78, 5) is 28.0. The molecule has 176 valence electrons. The van der Waals surface area contributed by atoms with E-state index in [2.05, 4.69) is 15.5 Å². The number of aryl methyl sites for hydroxylation is 1. The minimum atomic E-state index is -0.280. The van der Waals surface area contributed by atoms with Crippen LogP contribution in [0.3, 0.4) is 0 Å². The number of benzene rings is 1. The van der Waals surface area contributed by atoms with E-state index in [0.717, 1.165) is 27.2 Å². The summed E-state index contributed by atoms with van der Waals surface area (Å²) in [5.74, 6) is -0.545. The van der Waals surface area contributed by atoms with Gasteiger partial charge in [0, 0.05) is 25.6 Å². The van der Waals surface area contributed by atoms with Crippen LogP contribution < -0.4 is 5.32 Å². The monoisotopic (exact) mass is 497 g/mol. The quantitative estimate of drug-likeness (QED) is 0.415. The molecular weight excluding hydrogens is 473 g/mol. The average Bonchev–Trinajstić information content (AvgIpc) is 3.58. The molecule has 0 unspecified atom stereocenters. The first-order valence-corrected chi connectivity index (χ1v) is 12.9. The third-order valence-corrected chi connectivity index (χ3v) is 7.98. The van der Waals surface area contributed by atoms with Crippen LogP contribution in [0.1, 0.15) is 40.8 Å². The first-order valence-electron chi connectivity index (χ1n) is 11.3. The van der Waals surface area contributed by atoms with Gasteiger partial charge in [0.05, 0.1) is 10.2 Å². The number of carbonyl (C=O) groups excluding carboxylic acids is 2. The highest BCUT2D eigenvalue weighted by Crippen LogP contribution is 2.29. The second-order valence-corrected chi connectivity index (χ2v) is 10.3. The lowest BCUT2D eigenvalue weighted by atomic mass is 9.96. The van der Waals surface area contributed by atoms with Crippen molar-refractivity contribution in [3.8, 4) is 0 Å². The minimum Gasteiger partial charge on any atom is -0.337 e. The van der Waals surface area contributed by atoms with Crippen molar-refractivity contribution in [1.82, 2.24) is 19.7 Å². The molecule has 0 bridgehead atoms. The molecule has 1 N–H and O–H groups in total. The molecule has 10 heteroatoms. The maximum atomic E-state index is 13.5. The summed E-state index contributed by atoms with van der Waals surface area (Å²) in [5.41, 5.74) is 2.54. The van der Waals surface area contributed by atoms with E-state index in [-0.39, 0.29) is 23.5 Å². The van der Waals surface area contributed by atoms with Gasteiger partial charge >= 0.3 is 0 Å². The fraction of sp³-hybridized carbons (Fsp3) is 0.333. The summed E-state index contributed by atoms with van der Waals surface area (Å²) >= 11 is 2.99. The van der Waals surface area contributed by atoms with E-state index in [9.17, 15) is 14.0 Å². The van der Waals surface area contributed by atoms with Crippen LogP contribution in [0, 0.1) is 11.7 Å². The van der Waals surface area contributed by atoms with Crippen LogP contribution in [0.25, 0.3) is 10.2 Å². The van der Waals surface area contributed by atoms with Gasteiger partial charge in [0.2, 0.25) is 11.0 Å². The van der Waals surface area contributed by atoms with Crippen LogP contribution in [0.5, 0.6) is 0 Å². The van der Waals surface area contributed by atoms with E-state index in [1.165, 1.54) is 23.5 Å². The molecule has 1 aromatic carbocycles. The summed E-state index contributed by atoms with van der Waals surface area (Å²) in [6.45, 7) is 3.52. The average molecular weight is 498 g/mol. The SMILES string of the molecule is CCc1nnc(NC(=O)C2CCN(C(=O)c3cc4sccc4n3Cc3ccc(F)cc3)CC2)s1. The molecule has 0 saturated carbocycles. The summed E-state index contributed by atoms with van der Waals surface area (Å²) in [6, 6.07) is 10.3. The summed E-state index contributed by atoms with van der Waals surface area (Å²) < 4.78 is 16.4. The molecule has 2 amide bonds. The molecule has 0 aliphatic carbocycles. The fourth-order valence-electron chi connectivity index (χ4n) is 4.26. The molecular formula is C24H24FN5O2S2. The topological polar surface area (TPSA) is 80.1 Å². The Kier molecular flexibility index (Phi) is 6.42. The highest BCUT2D eigenvalue weighted by molar-refractivity contribution is 7.17. The number of likely N-dealkylation sites (tertiary alicyclic amines) is 1. The number of nitrogens with zero attached hydrogens (tertiary/aromatic N) is 4. The number of fused-ring (bicyclic) bond motifs is 1. The molecule has 0 atom stereocenters. The number of amides is 2. The van der Waals surface area contributed by atoms with Crippen LogP contribution in [0.4, 0.5) is 9.52 Å². The van der Waals surface area contributed by atoms with E-state index in [4.69, 9.17) is 0 Å². The number of rotatable bonds is 6. The largest absolute Gasteiger partial charge is 0.337 e. The lowest BCUT2D eigenvalue weighted by molar-refractivity contribution is -0.121. The van der Waals surface area contributed by atoms with Gasteiger partial charge in [-0.2, -0.15) is 0 Å². The normalized spacial score (nSPS) is 14.6. The molecule has 1 saturated heterocycles. The second kappa shape index (κ2) is 9.63. The summed E-state index contributed by atoms with van der Waals surface area (Å²) in [7, 11) is 0. The van der Waals surface area contributed by atoms with Crippen molar-refractivity contribution in [2.75, 3.05) is 18.4 Å². The van der Waals surface area contributed by atoms with E-state index in [1.807, 2.05) is 33.9 Å². The number of anilines is 1. The van der Waals surface area contributed by atoms with Gasteiger partial charge in [0.15, 0.2) is 0 Å². The van der Waals surface area contributed by atoms with Gasteiger partial charge < -0.3 is 14.8 Å². The Morgan fingerprint density at radius 3 is 2.62 bits per heavy atom. The maximum absolute atomic E-state index is 13.5. The van der Waals surface area contributed by atoms with Crippen LogP contribution in [0.15, 0.2) is 41.8 Å². The molecule has 7 nitrogen and oxygen atoms in total. The van der Waals surface area contributed by atoms with Crippen molar-refractivity contribution < 1.29 is 14.0 Å². The Morgan fingerprint density at radius 2 is 1.91 bits per heavy atom. The molecule has 3 aromatic heterocycles. The number of aromatic nitrogens is 3. The van der Waals surface area contributed by atoms with E-state index in [0.29, 0.717) is 43.3 Å². The Morgan fingerprint density at radius 1 is 1.15 bits per heavy atom. The standard InChI is InChI=1S/C24H24FN5O2S2/c1-2-21-27-28-24(34-21)26-22(31)16-7-10-29(11-8-16)23(32)19-13-20-18(9-12-33-20)30(19)14-15-3-5-17(25)6-4-15/h3-6,9,12-13,16H,2,7-8,10-11,14H2,1H3,(H,26,28,31). The summed E-state index contributed by atoms with van der Waals surface area (Å²) in [5, 5.41) is 14.3. The van der Waals surface area contributed by atoms with E-state index >= 15 is 0 Å². The highest BCUT2D eigenvalue weighted by atomic mass is 32.1. The van der Waals surface area contributed by atoms with Crippen molar-refractivity contribution in [2.24, 2.45) is 5.92 Å². The van der Waals surface area contributed by atoms with Crippen molar-refractivity contribution in [2.45, 2.75) is 32.7 Å². The summed E-state index contributed by atoms with van der Waals surface area (Å²) in [6.07, 6.45) is 1.99. The molecule has 4 aromatic rings. The molecule has 5 rings (SSSR count). The van der Waals surface area contributed by atoms with Gasteiger partial charge in [0.25, 0.3) is 5.91 Å². The molecule has 1 fully saturated rings. The molecule has 0 radical (unpaired) electrons. The minimum absolute atomic E-state index is 0.0407. The van der Waals surface area contributed by atoms with Crippen LogP contribution in [0.2, 0.25) is 0 Å². The number of carbonyl (C=O) groups is 2. The van der Waals surface area contributed by atoms with E-state index in [1.54, 1.807) is 23.5 Å². The predicted molar refractivity (Wildman–Crippen MR) is 132 cm³/mol. The fourth-order valence-corrected chi connectivity index (χ4v) is 5.76. The first-order chi connectivity index (χ1) is 16.5. The zero-order valence-electron chi connectivity index (χ0n) is 18.7. The molecule has 0 spiro atoms. The number of halogens is 1. The number of piperidine rings is 1. The maximum Gasteiger partial charge on any atom is 0.270 e. The van der Waals surface area contributed by atoms with Gasteiger partial charge in [-0.1, -0.05) is 30.4 Å². The number of thiophene rings is 1. The van der Waals surface area contributed by atoms with Gasteiger partial charge in [0.1, 0.15) is 16.5 Å². The van der Waals surface area contributed by atoms with Gasteiger partial charge in [-0.25, -0.2) is 4.39 Å². The van der Waals surface area contributed by atoms with Crippen LogP contribution >= 0.6 is 22.7 Å². The third kappa shape index (κ3) is 4.60.